The largest absolute Gasteiger partial charge is 0.466 e. The lowest BCUT2D eigenvalue weighted by Crippen LogP contribution is -2.46. The summed E-state index contributed by atoms with van der Waals surface area (Å²) in [4.78, 5) is 18.9. The molecule has 0 amide bonds. The molecule has 0 atom stereocenters. The monoisotopic (exact) mass is 473 g/mol. The molecule has 0 unspecified atom stereocenters. The molecule has 1 fully saturated rings. The topological polar surface area (TPSA) is 53.9 Å². The third-order valence-corrected chi connectivity index (χ3v) is 4.49. The summed E-state index contributed by atoms with van der Waals surface area (Å²) in [5.74, 6) is 0.937. The van der Waals surface area contributed by atoms with E-state index in [4.69, 9.17) is 9.73 Å². The van der Waals surface area contributed by atoms with Gasteiger partial charge >= 0.3 is 5.97 Å². The zero-order valence-electron chi connectivity index (χ0n) is 16.2. The zero-order valence-corrected chi connectivity index (χ0v) is 18.5. The highest BCUT2D eigenvalue weighted by Crippen LogP contribution is 2.18. The lowest BCUT2D eigenvalue weighted by molar-refractivity contribution is -0.149. The Kier molecular flexibility index (Phi) is 10.6. The van der Waals surface area contributed by atoms with E-state index >= 15 is 0 Å². The highest BCUT2D eigenvalue weighted by molar-refractivity contribution is 14.0. The van der Waals surface area contributed by atoms with Crippen molar-refractivity contribution in [3.8, 4) is 0 Å². The van der Waals surface area contributed by atoms with E-state index in [1.807, 2.05) is 6.92 Å². The van der Waals surface area contributed by atoms with Gasteiger partial charge in [0.25, 0.3) is 0 Å². The van der Waals surface area contributed by atoms with Crippen LogP contribution in [0.3, 0.4) is 0 Å². The minimum Gasteiger partial charge on any atom is -0.466 e. The van der Waals surface area contributed by atoms with Crippen LogP contribution in [-0.4, -0.2) is 49.6 Å². The normalized spacial score (nSPS) is 15.3. The number of aryl methyl sites for hydroxylation is 1. The lowest BCUT2D eigenvalue weighted by atomic mass is 9.97. The van der Waals surface area contributed by atoms with E-state index in [9.17, 15) is 4.79 Å². The maximum absolute atomic E-state index is 11.9. The highest BCUT2D eigenvalue weighted by Gasteiger charge is 2.27. The molecule has 6 heteroatoms. The Balaban J connectivity index is 0.00000338. The second-order valence-electron chi connectivity index (χ2n) is 6.49. The molecule has 1 aromatic rings. The predicted octanol–water partition coefficient (Wildman–Crippen LogP) is 3.40. The van der Waals surface area contributed by atoms with Crippen molar-refractivity contribution in [2.45, 2.75) is 40.0 Å². The molecule has 1 aromatic carbocycles. The number of nitrogens with one attached hydrogen (secondary N) is 1. The first-order chi connectivity index (χ1) is 12.1. The lowest BCUT2D eigenvalue weighted by Gasteiger charge is -2.33. The van der Waals surface area contributed by atoms with Gasteiger partial charge in [-0.1, -0.05) is 29.8 Å². The Bertz CT molecular complexity index is 584. The van der Waals surface area contributed by atoms with Crippen LogP contribution in [0.1, 0.15) is 37.8 Å². The van der Waals surface area contributed by atoms with E-state index in [0.717, 1.165) is 51.4 Å². The third-order valence-electron chi connectivity index (χ3n) is 4.49. The van der Waals surface area contributed by atoms with E-state index in [1.165, 1.54) is 11.1 Å². The first-order valence-electron chi connectivity index (χ1n) is 9.39. The van der Waals surface area contributed by atoms with Crippen molar-refractivity contribution in [3.63, 3.8) is 0 Å². The number of benzene rings is 1. The molecule has 1 heterocycles. The van der Waals surface area contributed by atoms with Crippen molar-refractivity contribution >= 4 is 35.9 Å². The molecule has 5 nitrogen and oxygen atoms in total. The molecule has 0 spiro atoms. The number of piperidine rings is 1. The Morgan fingerprint density at radius 2 is 2.04 bits per heavy atom. The Labute approximate surface area is 174 Å². The molecule has 1 aliphatic rings. The SMILES string of the molecule is CCNC(=NCCc1cccc(C)c1)N1CCC(C(=O)OCC)CC1.I. The number of nitrogens with zero attached hydrogens (tertiary/aromatic N) is 2. The molecule has 146 valence electrons. The van der Waals surface area contributed by atoms with Crippen LogP contribution in [-0.2, 0) is 16.0 Å². The summed E-state index contributed by atoms with van der Waals surface area (Å²) in [6.07, 6.45) is 2.61. The maximum Gasteiger partial charge on any atom is 0.309 e. The number of halogens is 1. The van der Waals surface area contributed by atoms with Crippen molar-refractivity contribution in [1.29, 1.82) is 0 Å². The van der Waals surface area contributed by atoms with Crippen LogP contribution in [0.2, 0.25) is 0 Å². The average molecular weight is 473 g/mol. The van der Waals surface area contributed by atoms with Gasteiger partial charge in [0.15, 0.2) is 5.96 Å². The van der Waals surface area contributed by atoms with E-state index < -0.39 is 0 Å². The summed E-state index contributed by atoms with van der Waals surface area (Å²) in [6.45, 7) is 9.83. The molecule has 1 saturated heterocycles. The molecule has 26 heavy (non-hydrogen) atoms. The summed E-state index contributed by atoms with van der Waals surface area (Å²) in [7, 11) is 0. The van der Waals surface area contributed by atoms with E-state index in [2.05, 4.69) is 48.3 Å². The smallest absolute Gasteiger partial charge is 0.309 e. The number of carbonyl (C=O) groups is 1. The van der Waals surface area contributed by atoms with Crippen LogP contribution in [0.25, 0.3) is 0 Å². The predicted molar refractivity (Wildman–Crippen MR) is 117 cm³/mol. The number of carbonyl (C=O) groups excluding carboxylic acids is 1. The minimum absolute atomic E-state index is 0. The second-order valence-corrected chi connectivity index (χ2v) is 6.49. The molecule has 1 N–H and O–H groups in total. The number of aliphatic imine (C=N–C) groups is 1. The van der Waals surface area contributed by atoms with Crippen molar-refractivity contribution in [2.75, 3.05) is 32.8 Å². The van der Waals surface area contributed by atoms with Gasteiger partial charge in [0, 0.05) is 26.2 Å². The average Bonchev–Trinajstić information content (AvgIpc) is 2.61. The van der Waals surface area contributed by atoms with Gasteiger partial charge in [0.1, 0.15) is 0 Å². The molecule has 0 aliphatic carbocycles. The number of ether oxygens (including phenoxy) is 1. The van der Waals surface area contributed by atoms with E-state index in [-0.39, 0.29) is 35.9 Å². The van der Waals surface area contributed by atoms with Gasteiger partial charge in [-0.25, -0.2) is 0 Å². The molecular weight excluding hydrogens is 441 g/mol. The van der Waals surface area contributed by atoms with Gasteiger partial charge in [-0.2, -0.15) is 0 Å². The van der Waals surface area contributed by atoms with Crippen molar-refractivity contribution in [1.82, 2.24) is 10.2 Å². The summed E-state index contributed by atoms with van der Waals surface area (Å²) in [5.41, 5.74) is 2.61. The minimum atomic E-state index is -0.0523. The summed E-state index contributed by atoms with van der Waals surface area (Å²) in [5, 5.41) is 3.38. The van der Waals surface area contributed by atoms with Crippen LogP contribution in [0.4, 0.5) is 0 Å². The first-order valence-corrected chi connectivity index (χ1v) is 9.39. The molecule has 0 radical (unpaired) electrons. The fourth-order valence-corrected chi connectivity index (χ4v) is 3.17. The van der Waals surface area contributed by atoms with Gasteiger partial charge in [-0.3, -0.25) is 9.79 Å². The fraction of sp³-hybridized carbons (Fsp3) is 0.600. The standard InChI is InChI=1S/C20H31N3O2.HI/c1-4-21-20(22-12-9-17-8-6-7-16(3)15-17)23-13-10-18(11-14-23)19(24)25-5-2;/h6-8,15,18H,4-5,9-14H2,1-3H3,(H,21,22);1H. The zero-order chi connectivity index (χ0) is 18.1. The first kappa shape index (κ1) is 22.7. The fourth-order valence-electron chi connectivity index (χ4n) is 3.17. The maximum atomic E-state index is 11.9. The molecule has 0 saturated carbocycles. The van der Waals surface area contributed by atoms with Crippen LogP contribution in [0, 0.1) is 12.8 Å². The summed E-state index contributed by atoms with van der Waals surface area (Å²) >= 11 is 0. The van der Waals surface area contributed by atoms with Gasteiger partial charge < -0.3 is 15.0 Å². The van der Waals surface area contributed by atoms with Gasteiger partial charge in [-0.05, 0) is 45.6 Å². The Morgan fingerprint density at radius 3 is 2.65 bits per heavy atom. The highest BCUT2D eigenvalue weighted by atomic mass is 127. The Hall–Kier alpha value is -1.31. The Morgan fingerprint density at radius 1 is 1.31 bits per heavy atom. The van der Waals surface area contributed by atoms with Crippen molar-refractivity contribution in [3.05, 3.63) is 35.4 Å². The number of rotatable bonds is 6. The second kappa shape index (κ2) is 12.1. The van der Waals surface area contributed by atoms with E-state index in [1.54, 1.807) is 0 Å². The van der Waals surface area contributed by atoms with Crippen LogP contribution in [0.5, 0.6) is 0 Å². The van der Waals surface area contributed by atoms with Gasteiger partial charge in [0.2, 0.25) is 0 Å². The number of hydrogen-bond acceptors (Lipinski definition) is 3. The summed E-state index contributed by atoms with van der Waals surface area (Å²) < 4.78 is 5.14. The molecule has 2 rings (SSSR count). The molecule has 0 aromatic heterocycles. The van der Waals surface area contributed by atoms with Gasteiger partial charge in [-0.15, -0.1) is 24.0 Å². The number of esters is 1. The van der Waals surface area contributed by atoms with Crippen LogP contribution < -0.4 is 5.32 Å². The van der Waals surface area contributed by atoms with Crippen molar-refractivity contribution in [2.24, 2.45) is 10.9 Å². The van der Waals surface area contributed by atoms with E-state index in [0.29, 0.717) is 6.61 Å². The number of likely N-dealkylation sites (tertiary alicyclic amines) is 1. The van der Waals surface area contributed by atoms with Crippen LogP contribution in [0.15, 0.2) is 29.3 Å². The van der Waals surface area contributed by atoms with Crippen molar-refractivity contribution < 1.29 is 9.53 Å². The third kappa shape index (κ3) is 7.13. The molecule has 1 aliphatic heterocycles. The quantitative estimate of drug-likeness (QED) is 0.298. The van der Waals surface area contributed by atoms with Crippen LogP contribution >= 0.6 is 24.0 Å². The number of guanidine groups is 1. The summed E-state index contributed by atoms with van der Waals surface area (Å²) in [6, 6.07) is 8.58. The molecular formula is C20H32IN3O2. The number of hydrogen-bond donors (Lipinski definition) is 1. The van der Waals surface area contributed by atoms with Gasteiger partial charge in [0.05, 0.1) is 12.5 Å². The molecule has 0 bridgehead atoms.